The number of thiazole rings is 1. The van der Waals surface area contributed by atoms with E-state index >= 15 is 0 Å². The van der Waals surface area contributed by atoms with Gasteiger partial charge in [-0.25, -0.2) is 4.98 Å². The highest BCUT2D eigenvalue weighted by molar-refractivity contribution is 7.15. The topological polar surface area (TPSA) is 90.3 Å². The Labute approximate surface area is 117 Å². The summed E-state index contributed by atoms with van der Waals surface area (Å²) in [6, 6.07) is 0. The smallest absolute Gasteiger partial charge is 0.363 e. The molecule has 0 saturated carbocycles. The van der Waals surface area contributed by atoms with Crippen LogP contribution >= 0.6 is 11.3 Å². The van der Waals surface area contributed by atoms with E-state index in [0.717, 1.165) is 13.0 Å². The maximum atomic E-state index is 11.1. The van der Waals surface area contributed by atoms with Crippen molar-refractivity contribution in [2.45, 2.75) is 13.0 Å². The highest BCUT2D eigenvalue weighted by atomic mass is 32.1. The summed E-state index contributed by atoms with van der Waals surface area (Å²) in [6.45, 7) is 1.42. The molecule has 3 rings (SSSR count). The first-order valence-corrected chi connectivity index (χ1v) is 6.93. The average molecular weight is 292 g/mol. The van der Waals surface area contributed by atoms with E-state index in [1.165, 1.54) is 15.7 Å². The standard InChI is InChI=1S/C11H12N6O2S/c18-17(19)10-9(14-11-16(10)6-7-20-11)13-2-1-4-15-5-3-12-8-15/h3,5-8,13H,1-2,4H2. The van der Waals surface area contributed by atoms with E-state index in [1.54, 1.807) is 24.1 Å². The fourth-order valence-electron chi connectivity index (χ4n) is 1.95. The number of aromatic nitrogens is 4. The van der Waals surface area contributed by atoms with Crippen molar-refractivity contribution in [3.05, 3.63) is 40.4 Å². The number of nitrogens with zero attached hydrogens (tertiary/aromatic N) is 5. The molecule has 3 aromatic rings. The van der Waals surface area contributed by atoms with Gasteiger partial charge in [0.15, 0.2) is 0 Å². The second kappa shape index (κ2) is 5.29. The Balaban J connectivity index is 1.66. The summed E-state index contributed by atoms with van der Waals surface area (Å²) >= 11 is 1.37. The van der Waals surface area contributed by atoms with Gasteiger partial charge in [0.25, 0.3) is 4.96 Å². The number of anilines is 1. The Morgan fingerprint density at radius 3 is 3.10 bits per heavy atom. The molecule has 0 radical (unpaired) electrons. The van der Waals surface area contributed by atoms with Gasteiger partial charge < -0.3 is 20.0 Å². The van der Waals surface area contributed by atoms with Crippen molar-refractivity contribution in [3.63, 3.8) is 0 Å². The first kappa shape index (κ1) is 12.6. The largest absolute Gasteiger partial charge is 0.372 e. The second-order valence-electron chi connectivity index (χ2n) is 4.18. The molecule has 1 N–H and O–H groups in total. The van der Waals surface area contributed by atoms with Gasteiger partial charge in [-0.3, -0.25) is 0 Å². The summed E-state index contributed by atoms with van der Waals surface area (Å²) in [5.41, 5.74) is 0. The Bertz CT molecular complexity index is 717. The summed E-state index contributed by atoms with van der Waals surface area (Å²) in [7, 11) is 0. The number of aryl methyl sites for hydroxylation is 1. The molecule has 0 aliphatic heterocycles. The minimum absolute atomic E-state index is 0.0103. The third-order valence-electron chi connectivity index (χ3n) is 2.85. The number of imidazole rings is 2. The van der Waals surface area contributed by atoms with Crippen LogP contribution in [0.3, 0.4) is 0 Å². The van der Waals surface area contributed by atoms with Crippen LogP contribution in [0.25, 0.3) is 4.96 Å². The van der Waals surface area contributed by atoms with Gasteiger partial charge in [0.1, 0.15) is 6.20 Å². The van der Waals surface area contributed by atoms with Crippen LogP contribution in [0, 0.1) is 10.1 Å². The van der Waals surface area contributed by atoms with Gasteiger partial charge in [0, 0.05) is 30.9 Å². The molecular formula is C11H12N6O2S. The molecular weight excluding hydrogens is 280 g/mol. The lowest BCUT2D eigenvalue weighted by Gasteiger charge is -2.04. The van der Waals surface area contributed by atoms with Crippen molar-refractivity contribution in [1.29, 1.82) is 0 Å². The van der Waals surface area contributed by atoms with E-state index < -0.39 is 4.92 Å². The zero-order valence-corrected chi connectivity index (χ0v) is 11.3. The van der Waals surface area contributed by atoms with Gasteiger partial charge in [-0.1, -0.05) is 11.3 Å². The first-order chi connectivity index (χ1) is 9.75. The average Bonchev–Trinajstić information content (AvgIpc) is 3.10. The zero-order chi connectivity index (χ0) is 13.9. The molecule has 0 aliphatic carbocycles. The molecule has 9 heteroatoms. The van der Waals surface area contributed by atoms with E-state index in [2.05, 4.69) is 15.3 Å². The summed E-state index contributed by atoms with van der Waals surface area (Å²) in [5.74, 6) is 0.316. The quantitative estimate of drug-likeness (QED) is 0.426. The van der Waals surface area contributed by atoms with Crippen LogP contribution in [0.4, 0.5) is 11.6 Å². The van der Waals surface area contributed by atoms with Gasteiger partial charge in [-0.2, -0.15) is 9.38 Å². The molecule has 0 bridgehead atoms. The number of fused-ring (bicyclic) bond motifs is 1. The van der Waals surface area contributed by atoms with Gasteiger partial charge in [-0.15, -0.1) is 0 Å². The fourth-order valence-corrected chi connectivity index (χ4v) is 2.66. The molecule has 0 fully saturated rings. The van der Waals surface area contributed by atoms with E-state index in [-0.39, 0.29) is 5.82 Å². The number of nitro groups is 1. The van der Waals surface area contributed by atoms with Crippen LogP contribution in [0.5, 0.6) is 0 Å². The predicted molar refractivity (Wildman–Crippen MR) is 75.1 cm³/mol. The minimum atomic E-state index is -0.412. The maximum absolute atomic E-state index is 11.1. The van der Waals surface area contributed by atoms with Crippen molar-refractivity contribution in [2.24, 2.45) is 0 Å². The van der Waals surface area contributed by atoms with Crippen LogP contribution in [-0.4, -0.2) is 30.4 Å². The van der Waals surface area contributed by atoms with Crippen molar-refractivity contribution in [3.8, 4) is 0 Å². The van der Waals surface area contributed by atoms with E-state index in [4.69, 9.17) is 0 Å². The summed E-state index contributed by atoms with van der Waals surface area (Å²) in [5, 5.41) is 15.9. The van der Waals surface area contributed by atoms with Crippen molar-refractivity contribution in [1.82, 2.24) is 18.9 Å². The zero-order valence-electron chi connectivity index (χ0n) is 10.5. The Morgan fingerprint density at radius 2 is 2.35 bits per heavy atom. The number of hydrogen-bond acceptors (Lipinski definition) is 6. The van der Waals surface area contributed by atoms with E-state index in [9.17, 15) is 10.1 Å². The third kappa shape index (κ3) is 2.35. The van der Waals surface area contributed by atoms with E-state index in [1.807, 2.05) is 10.8 Å². The molecule has 3 aromatic heterocycles. The van der Waals surface area contributed by atoms with Gasteiger partial charge in [0.2, 0.25) is 5.82 Å². The summed E-state index contributed by atoms with van der Waals surface area (Å²) in [4.78, 5) is 19.5. The van der Waals surface area contributed by atoms with Crippen LogP contribution < -0.4 is 5.32 Å². The molecule has 0 amide bonds. The van der Waals surface area contributed by atoms with Gasteiger partial charge in [-0.05, 0) is 11.3 Å². The van der Waals surface area contributed by atoms with Gasteiger partial charge in [0.05, 0.1) is 6.33 Å². The molecule has 20 heavy (non-hydrogen) atoms. The molecule has 8 nitrogen and oxygen atoms in total. The number of hydrogen-bond donors (Lipinski definition) is 1. The summed E-state index contributed by atoms with van der Waals surface area (Å²) in [6.07, 6.45) is 7.84. The Kier molecular flexibility index (Phi) is 3.33. The Morgan fingerprint density at radius 1 is 1.45 bits per heavy atom. The second-order valence-corrected chi connectivity index (χ2v) is 5.05. The lowest BCUT2D eigenvalue weighted by Crippen LogP contribution is -2.07. The molecule has 104 valence electrons. The summed E-state index contributed by atoms with van der Waals surface area (Å²) < 4.78 is 3.45. The van der Waals surface area contributed by atoms with Crippen LogP contribution in [0.15, 0.2) is 30.3 Å². The highest BCUT2D eigenvalue weighted by Crippen LogP contribution is 2.27. The van der Waals surface area contributed by atoms with Crippen molar-refractivity contribution in [2.75, 3.05) is 11.9 Å². The number of rotatable bonds is 6. The third-order valence-corrected chi connectivity index (χ3v) is 3.61. The number of nitrogens with one attached hydrogen (secondary N) is 1. The highest BCUT2D eigenvalue weighted by Gasteiger charge is 2.22. The van der Waals surface area contributed by atoms with Crippen LogP contribution in [0.2, 0.25) is 0 Å². The van der Waals surface area contributed by atoms with Crippen molar-refractivity contribution >= 4 is 27.9 Å². The molecule has 0 atom stereocenters. The molecule has 0 spiro atoms. The minimum Gasteiger partial charge on any atom is -0.363 e. The van der Waals surface area contributed by atoms with E-state index in [0.29, 0.717) is 17.3 Å². The monoisotopic (exact) mass is 292 g/mol. The molecule has 0 aliphatic rings. The van der Waals surface area contributed by atoms with Crippen LogP contribution in [0.1, 0.15) is 6.42 Å². The SMILES string of the molecule is O=[N+]([O-])c1c(NCCCn2ccnc2)nc2sccn12. The first-order valence-electron chi connectivity index (χ1n) is 6.05. The van der Waals surface area contributed by atoms with Crippen LogP contribution in [-0.2, 0) is 6.54 Å². The predicted octanol–water partition coefficient (Wildman–Crippen LogP) is 2.00. The molecule has 0 unspecified atom stereocenters. The van der Waals surface area contributed by atoms with Gasteiger partial charge >= 0.3 is 5.82 Å². The molecule has 0 aromatic carbocycles. The lowest BCUT2D eigenvalue weighted by molar-refractivity contribution is -0.389. The maximum Gasteiger partial charge on any atom is 0.372 e. The van der Waals surface area contributed by atoms with Crippen molar-refractivity contribution < 1.29 is 4.92 Å². The molecule has 3 heterocycles. The Hall–Kier alpha value is -2.42. The fraction of sp³-hybridized carbons (Fsp3) is 0.273. The normalized spacial score (nSPS) is 11.0. The lowest BCUT2D eigenvalue weighted by atomic mass is 10.4. The molecule has 0 saturated heterocycles.